The molecule has 2 aliphatic rings. The van der Waals surface area contributed by atoms with Crippen LogP contribution in [0.15, 0.2) is 93.4 Å². The predicted molar refractivity (Wildman–Crippen MR) is 181 cm³/mol. The van der Waals surface area contributed by atoms with Crippen molar-refractivity contribution in [3.8, 4) is 5.69 Å². The Morgan fingerprint density at radius 2 is 1.59 bits per heavy atom. The second-order valence-corrected chi connectivity index (χ2v) is 12.3. The molecule has 2 aliphatic heterocycles. The number of H-pyrrole nitrogens is 1. The van der Waals surface area contributed by atoms with Crippen molar-refractivity contribution in [2.45, 2.75) is 19.3 Å². The van der Waals surface area contributed by atoms with E-state index in [4.69, 9.17) is 28.0 Å². The standard InChI is InChI=1S/C34H34Cl2N6O4/c1-22-28(33(44)39-46-18-8-13-40-14-16-41(17-15-40)27-20-24(35)19-25(36)21-27)29(23-9-4-2-5-10-23)30-31(37-22)42(34(45)38-32(30)43)26-11-6-3-7-12-26/h2-7,9-12,19-21,28-29H,8,13-18H2,1H3,(H,39,44)(H,38,43,45). The number of halogens is 2. The number of carbonyl (C=O) groups is 1. The van der Waals surface area contributed by atoms with Gasteiger partial charge in [0, 0.05) is 60.1 Å². The van der Waals surface area contributed by atoms with E-state index in [-0.39, 0.29) is 11.4 Å². The molecule has 238 valence electrons. The van der Waals surface area contributed by atoms with Crippen molar-refractivity contribution in [3.63, 3.8) is 0 Å². The summed E-state index contributed by atoms with van der Waals surface area (Å²) < 4.78 is 1.38. The molecule has 0 spiro atoms. The summed E-state index contributed by atoms with van der Waals surface area (Å²) in [5.74, 6) is -1.71. The maximum absolute atomic E-state index is 13.7. The summed E-state index contributed by atoms with van der Waals surface area (Å²) >= 11 is 12.4. The minimum atomic E-state index is -0.828. The third-order valence-electron chi connectivity index (χ3n) is 8.43. The lowest BCUT2D eigenvalue weighted by Crippen LogP contribution is -2.47. The van der Waals surface area contributed by atoms with Gasteiger partial charge < -0.3 is 4.90 Å². The van der Waals surface area contributed by atoms with Crippen molar-refractivity contribution < 1.29 is 9.63 Å². The molecular formula is C34H34Cl2N6O4. The highest BCUT2D eigenvalue weighted by atomic mass is 35.5. The fourth-order valence-electron chi connectivity index (χ4n) is 6.25. The maximum Gasteiger partial charge on any atom is 0.334 e. The zero-order chi connectivity index (χ0) is 32.2. The Morgan fingerprint density at radius 1 is 0.935 bits per heavy atom. The molecule has 0 bridgehead atoms. The number of amides is 1. The molecule has 2 N–H and O–H groups in total. The average molecular weight is 662 g/mol. The number of aromatic nitrogens is 2. The van der Waals surface area contributed by atoms with Crippen LogP contribution in [0.5, 0.6) is 0 Å². The Balaban J connectivity index is 1.12. The molecule has 3 aromatic carbocycles. The molecule has 46 heavy (non-hydrogen) atoms. The van der Waals surface area contributed by atoms with Crippen LogP contribution in [0, 0.1) is 5.92 Å². The highest BCUT2D eigenvalue weighted by Crippen LogP contribution is 2.40. The molecule has 12 heteroatoms. The number of piperazine rings is 1. The van der Waals surface area contributed by atoms with Crippen LogP contribution in [0.3, 0.4) is 0 Å². The normalized spacial score (nSPS) is 18.2. The van der Waals surface area contributed by atoms with Crippen molar-refractivity contribution in [3.05, 3.63) is 121 Å². The molecule has 2 atom stereocenters. The van der Waals surface area contributed by atoms with Crippen LogP contribution in [0.2, 0.25) is 10.0 Å². The van der Waals surface area contributed by atoms with E-state index >= 15 is 0 Å². The minimum absolute atomic E-state index is 0.217. The summed E-state index contributed by atoms with van der Waals surface area (Å²) in [5.41, 5.74) is 4.49. The molecule has 0 radical (unpaired) electrons. The maximum atomic E-state index is 13.7. The molecule has 3 heterocycles. The van der Waals surface area contributed by atoms with E-state index in [1.165, 1.54) is 4.57 Å². The highest BCUT2D eigenvalue weighted by Gasteiger charge is 2.41. The van der Waals surface area contributed by atoms with Crippen LogP contribution in [0.25, 0.3) is 5.69 Å². The summed E-state index contributed by atoms with van der Waals surface area (Å²) in [6, 6.07) is 23.9. The van der Waals surface area contributed by atoms with Gasteiger partial charge in [-0.25, -0.2) is 19.8 Å². The summed E-state index contributed by atoms with van der Waals surface area (Å²) in [4.78, 5) is 57.5. The number of benzene rings is 3. The van der Waals surface area contributed by atoms with Gasteiger partial charge in [0.1, 0.15) is 0 Å². The number of nitrogens with zero attached hydrogens (tertiary/aromatic N) is 4. The first-order valence-corrected chi connectivity index (χ1v) is 16.0. The van der Waals surface area contributed by atoms with Gasteiger partial charge in [-0.05, 0) is 49.2 Å². The van der Waals surface area contributed by atoms with Crippen LogP contribution in [0.4, 0.5) is 11.5 Å². The van der Waals surface area contributed by atoms with Crippen LogP contribution < -0.4 is 21.6 Å². The van der Waals surface area contributed by atoms with Gasteiger partial charge in [-0.1, -0.05) is 71.7 Å². The van der Waals surface area contributed by atoms with E-state index in [2.05, 4.69) is 25.3 Å². The monoisotopic (exact) mass is 660 g/mol. The Morgan fingerprint density at radius 3 is 2.26 bits per heavy atom. The van der Waals surface area contributed by atoms with E-state index in [1.807, 2.05) is 48.5 Å². The quantitative estimate of drug-likeness (QED) is 0.194. The first-order chi connectivity index (χ1) is 22.3. The number of nitrogens with one attached hydrogen (secondary N) is 2. The van der Waals surface area contributed by atoms with Gasteiger partial charge in [0.15, 0.2) is 5.82 Å². The van der Waals surface area contributed by atoms with Gasteiger partial charge in [-0.3, -0.25) is 24.3 Å². The van der Waals surface area contributed by atoms with Gasteiger partial charge >= 0.3 is 5.69 Å². The Labute approximate surface area is 276 Å². The van der Waals surface area contributed by atoms with Gasteiger partial charge in [0.05, 0.1) is 23.8 Å². The number of carbonyl (C=O) groups excluding carboxylic acids is 1. The summed E-state index contributed by atoms with van der Waals surface area (Å²) in [6.07, 6.45) is 0.717. The highest BCUT2D eigenvalue weighted by molar-refractivity contribution is 6.35. The molecule has 6 rings (SSSR count). The second-order valence-electron chi connectivity index (χ2n) is 11.4. The lowest BCUT2D eigenvalue weighted by molar-refractivity contribution is -0.136. The number of anilines is 1. The van der Waals surface area contributed by atoms with E-state index in [1.54, 1.807) is 37.3 Å². The Kier molecular flexibility index (Phi) is 9.70. The number of hydrogen-bond donors (Lipinski definition) is 2. The molecule has 1 fully saturated rings. The molecule has 0 saturated carbocycles. The van der Waals surface area contributed by atoms with Gasteiger partial charge in [-0.2, -0.15) is 0 Å². The van der Waals surface area contributed by atoms with Crippen LogP contribution in [-0.4, -0.2) is 65.4 Å². The molecule has 4 aromatic rings. The lowest BCUT2D eigenvalue weighted by atomic mass is 9.76. The third kappa shape index (κ3) is 6.80. The first-order valence-electron chi connectivity index (χ1n) is 15.2. The number of hydroxylamine groups is 1. The van der Waals surface area contributed by atoms with Gasteiger partial charge in [0.25, 0.3) is 11.5 Å². The van der Waals surface area contributed by atoms with Crippen molar-refractivity contribution in [2.24, 2.45) is 10.9 Å². The number of hydrogen-bond acceptors (Lipinski definition) is 7. The van der Waals surface area contributed by atoms with Crippen molar-refractivity contribution >= 4 is 46.3 Å². The molecule has 10 nitrogen and oxygen atoms in total. The molecular weight excluding hydrogens is 627 g/mol. The van der Waals surface area contributed by atoms with E-state index in [0.717, 1.165) is 50.4 Å². The molecule has 1 aromatic heterocycles. The number of aromatic amines is 1. The number of fused-ring (bicyclic) bond motifs is 1. The van der Waals surface area contributed by atoms with E-state index in [0.29, 0.717) is 28.1 Å². The topological polar surface area (TPSA) is 112 Å². The zero-order valence-corrected chi connectivity index (χ0v) is 26.8. The second kappa shape index (κ2) is 14.0. The zero-order valence-electron chi connectivity index (χ0n) is 25.3. The fraction of sp³-hybridized carbons (Fsp3) is 0.294. The van der Waals surface area contributed by atoms with Crippen LogP contribution >= 0.6 is 23.2 Å². The first kappa shape index (κ1) is 31.7. The fourth-order valence-corrected chi connectivity index (χ4v) is 6.76. The largest absolute Gasteiger partial charge is 0.369 e. The van der Waals surface area contributed by atoms with E-state index < -0.39 is 29.0 Å². The van der Waals surface area contributed by atoms with Crippen molar-refractivity contribution in [1.29, 1.82) is 0 Å². The summed E-state index contributed by atoms with van der Waals surface area (Å²) in [6.45, 7) is 6.35. The molecule has 0 aliphatic carbocycles. The lowest BCUT2D eigenvalue weighted by Gasteiger charge is -2.36. The number of rotatable bonds is 9. The predicted octanol–water partition coefficient (Wildman–Crippen LogP) is 4.95. The summed E-state index contributed by atoms with van der Waals surface area (Å²) in [5, 5.41) is 1.25. The number of aliphatic imine (C=N–C) groups is 1. The molecule has 1 amide bonds. The molecule has 2 unspecified atom stereocenters. The average Bonchev–Trinajstić information content (AvgIpc) is 3.04. The van der Waals surface area contributed by atoms with E-state index in [9.17, 15) is 14.4 Å². The van der Waals surface area contributed by atoms with Gasteiger partial charge in [0.2, 0.25) is 0 Å². The van der Waals surface area contributed by atoms with Crippen molar-refractivity contribution in [1.82, 2.24) is 19.9 Å². The molecule has 1 saturated heterocycles. The third-order valence-corrected chi connectivity index (χ3v) is 8.87. The van der Waals surface area contributed by atoms with Crippen LogP contribution in [0.1, 0.15) is 30.4 Å². The van der Waals surface area contributed by atoms with Crippen LogP contribution in [-0.2, 0) is 9.63 Å². The smallest absolute Gasteiger partial charge is 0.334 e. The Bertz CT molecular complexity index is 1830. The minimum Gasteiger partial charge on any atom is -0.369 e. The Hall–Kier alpha value is -4.22. The summed E-state index contributed by atoms with van der Waals surface area (Å²) in [7, 11) is 0. The van der Waals surface area contributed by atoms with Gasteiger partial charge in [-0.15, -0.1) is 0 Å². The van der Waals surface area contributed by atoms with Crippen molar-refractivity contribution in [2.75, 3.05) is 44.2 Å². The SMILES string of the molecule is CC1=Nc2c(c(=O)[nH]c(=O)n2-c2ccccc2)C(c2ccccc2)C1C(=O)NOCCCN1CCN(c2cc(Cl)cc(Cl)c2)CC1. The number of para-hydroxylation sites is 1.